The third kappa shape index (κ3) is 2.20. The number of nitriles is 1. The Hall–Kier alpha value is -3.57. The highest BCUT2D eigenvalue weighted by Gasteiger charge is 2.38. The first kappa shape index (κ1) is 16.6. The lowest BCUT2D eigenvalue weighted by molar-refractivity contribution is 0.633. The molecule has 0 saturated heterocycles. The number of benzene rings is 4. The summed E-state index contributed by atoms with van der Waals surface area (Å²) >= 11 is 0. The lowest BCUT2D eigenvalue weighted by atomic mass is 9.72. The summed E-state index contributed by atoms with van der Waals surface area (Å²) in [7, 11) is 0. The fourth-order valence-electron chi connectivity index (χ4n) is 4.48. The van der Waals surface area contributed by atoms with Gasteiger partial charge in [0.1, 0.15) is 6.07 Å². The first-order valence-corrected chi connectivity index (χ1v) is 9.54. The Morgan fingerprint density at radius 2 is 1.39 bits per heavy atom. The molecule has 0 aliphatic carbocycles. The van der Waals surface area contributed by atoms with Crippen LogP contribution in [0.2, 0.25) is 0 Å². The number of para-hydroxylation sites is 2. The molecule has 0 amide bonds. The first-order valence-electron chi connectivity index (χ1n) is 9.54. The van der Waals surface area contributed by atoms with Crippen LogP contribution in [0.1, 0.15) is 30.5 Å². The Bertz CT molecular complexity index is 1260. The lowest BCUT2D eigenvalue weighted by Gasteiger charge is -2.42. The summed E-state index contributed by atoms with van der Waals surface area (Å²) < 4.78 is 0. The summed E-state index contributed by atoms with van der Waals surface area (Å²) in [5.41, 5.74) is 6.32. The van der Waals surface area contributed by atoms with Crippen LogP contribution in [0.3, 0.4) is 0 Å². The minimum absolute atomic E-state index is 0.131. The van der Waals surface area contributed by atoms with E-state index < -0.39 is 0 Å². The molecule has 1 aliphatic heterocycles. The second-order valence-corrected chi connectivity index (χ2v) is 7.79. The number of rotatable bonds is 1. The predicted octanol–water partition coefficient (Wildman–Crippen LogP) is 6.82. The van der Waals surface area contributed by atoms with E-state index in [0.717, 1.165) is 11.4 Å². The normalized spacial score (nSPS) is 14.2. The topological polar surface area (TPSA) is 27.0 Å². The molecule has 28 heavy (non-hydrogen) atoms. The minimum Gasteiger partial charge on any atom is -0.308 e. The van der Waals surface area contributed by atoms with Gasteiger partial charge in [-0.3, -0.25) is 0 Å². The number of hydrogen-bond donors (Lipinski definition) is 0. The fourth-order valence-corrected chi connectivity index (χ4v) is 4.48. The van der Waals surface area contributed by atoms with E-state index in [4.69, 9.17) is 0 Å². The summed E-state index contributed by atoms with van der Waals surface area (Å²) in [5.74, 6) is 0. The van der Waals surface area contributed by atoms with Crippen molar-refractivity contribution >= 4 is 27.8 Å². The van der Waals surface area contributed by atoms with E-state index in [-0.39, 0.29) is 5.41 Å². The van der Waals surface area contributed by atoms with Gasteiger partial charge in [0.25, 0.3) is 0 Å². The van der Waals surface area contributed by atoms with E-state index in [2.05, 4.69) is 85.5 Å². The molecule has 2 nitrogen and oxygen atoms in total. The quantitative estimate of drug-likeness (QED) is 0.372. The molecular weight excluding hydrogens is 340 g/mol. The van der Waals surface area contributed by atoms with Gasteiger partial charge in [-0.05, 0) is 34.7 Å². The van der Waals surface area contributed by atoms with E-state index in [1.54, 1.807) is 0 Å². The van der Waals surface area contributed by atoms with E-state index >= 15 is 0 Å². The average molecular weight is 360 g/mol. The summed E-state index contributed by atoms with van der Waals surface area (Å²) in [6, 6.07) is 31.7. The van der Waals surface area contributed by atoms with Gasteiger partial charge < -0.3 is 4.90 Å². The molecule has 0 fully saturated rings. The van der Waals surface area contributed by atoms with Gasteiger partial charge in [0.15, 0.2) is 0 Å². The highest BCUT2D eigenvalue weighted by molar-refractivity contribution is 6.03. The highest BCUT2D eigenvalue weighted by Crippen LogP contribution is 2.54. The predicted molar refractivity (Wildman–Crippen MR) is 115 cm³/mol. The molecule has 134 valence electrons. The van der Waals surface area contributed by atoms with Crippen LogP contribution in [-0.4, -0.2) is 0 Å². The van der Waals surface area contributed by atoms with Crippen molar-refractivity contribution < 1.29 is 0 Å². The van der Waals surface area contributed by atoms with Gasteiger partial charge in [-0.1, -0.05) is 80.6 Å². The van der Waals surface area contributed by atoms with Crippen molar-refractivity contribution in [2.24, 2.45) is 0 Å². The smallest absolute Gasteiger partial charge is 0.101 e. The molecule has 1 heterocycles. The van der Waals surface area contributed by atoms with Crippen molar-refractivity contribution in [1.82, 2.24) is 0 Å². The molecule has 0 radical (unpaired) electrons. The van der Waals surface area contributed by atoms with Gasteiger partial charge in [0, 0.05) is 10.8 Å². The second kappa shape index (κ2) is 5.97. The molecule has 1 aliphatic rings. The molecule has 4 aromatic rings. The number of anilines is 3. The SMILES string of the molecule is CC1(C)c2ccccc2N(c2ccccc2C#N)c2c1ccc1ccccc21. The zero-order chi connectivity index (χ0) is 19.3. The van der Waals surface area contributed by atoms with Gasteiger partial charge in [-0.2, -0.15) is 5.26 Å². The van der Waals surface area contributed by atoms with E-state index in [9.17, 15) is 5.26 Å². The van der Waals surface area contributed by atoms with Gasteiger partial charge >= 0.3 is 0 Å². The van der Waals surface area contributed by atoms with Crippen LogP contribution in [0.5, 0.6) is 0 Å². The van der Waals surface area contributed by atoms with Crippen molar-refractivity contribution in [2.75, 3.05) is 4.90 Å². The summed E-state index contributed by atoms with van der Waals surface area (Å²) in [5, 5.41) is 12.2. The average Bonchev–Trinajstić information content (AvgIpc) is 2.74. The fraction of sp³-hybridized carbons (Fsp3) is 0.115. The molecule has 2 heteroatoms. The maximum atomic E-state index is 9.78. The summed E-state index contributed by atoms with van der Waals surface area (Å²) in [4.78, 5) is 2.27. The Labute approximate surface area is 165 Å². The van der Waals surface area contributed by atoms with Crippen LogP contribution >= 0.6 is 0 Å². The van der Waals surface area contributed by atoms with E-state index in [0.29, 0.717) is 5.56 Å². The molecule has 5 rings (SSSR count). The minimum atomic E-state index is -0.131. The summed E-state index contributed by atoms with van der Waals surface area (Å²) in [6.45, 7) is 4.57. The molecule has 0 N–H and O–H groups in total. The number of hydrogen-bond acceptors (Lipinski definition) is 2. The second-order valence-electron chi connectivity index (χ2n) is 7.79. The van der Waals surface area contributed by atoms with Crippen LogP contribution in [0.15, 0.2) is 84.9 Å². The maximum Gasteiger partial charge on any atom is 0.101 e. The summed E-state index contributed by atoms with van der Waals surface area (Å²) in [6.07, 6.45) is 0. The Morgan fingerprint density at radius 1 is 0.714 bits per heavy atom. The van der Waals surface area contributed by atoms with E-state index in [1.165, 1.54) is 27.6 Å². The van der Waals surface area contributed by atoms with Crippen LogP contribution in [0, 0.1) is 11.3 Å². The van der Waals surface area contributed by atoms with Crippen molar-refractivity contribution in [1.29, 1.82) is 5.26 Å². The Balaban J connectivity index is 1.96. The largest absolute Gasteiger partial charge is 0.308 e. The van der Waals surface area contributed by atoms with Gasteiger partial charge in [-0.15, -0.1) is 0 Å². The maximum absolute atomic E-state index is 9.78. The third-order valence-corrected chi connectivity index (χ3v) is 5.88. The van der Waals surface area contributed by atoms with E-state index in [1.807, 2.05) is 24.3 Å². The molecule has 0 bridgehead atoms. The molecular formula is C26H20N2. The van der Waals surface area contributed by atoms with Gasteiger partial charge in [-0.25, -0.2) is 0 Å². The van der Waals surface area contributed by atoms with Crippen LogP contribution in [0.25, 0.3) is 10.8 Å². The molecule has 0 aromatic heterocycles. The van der Waals surface area contributed by atoms with Gasteiger partial charge in [0.2, 0.25) is 0 Å². The monoisotopic (exact) mass is 360 g/mol. The Morgan fingerprint density at radius 3 is 2.21 bits per heavy atom. The van der Waals surface area contributed by atoms with Crippen molar-refractivity contribution in [3.05, 3.63) is 102 Å². The zero-order valence-electron chi connectivity index (χ0n) is 16.0. The van der Waals surface area contributed by atoms with Crippen molar-refractivity contribution in [3.63, 3.8) is 0 Å². The zero-order valence-corrected chi connectivity index (χ0v) is 16.0. The first-order chi connectivity index (χ1) is 13.6. The molecule has 0 unspecified atom stereocenters. The standard InChI is InChI=1S/C26H20N2/c1-26(2)21-12-6-8-14-24(21)28(23-13-7-4-10-19(23)17-27)25-20-11-5-3-9-18(20)15-16-22(25)26/h3-16H,1-2H3. The number of fused-ring (bicyclic) bond motifs is 4. The Kier molecular flexibility index (Phi) is 3.54. The van der Waals surface area contributed by atoms with Crippen molar-refractivity contribution in [3.8, 4) is 6.07 Å². The third-order valence-electron chi connectivity index (χ3n) is 5.88. The van der Waals surface area contributed by atoms with Crippen LogP contribution in [-0.2, 0) is 5.41 Å². The molecule has 0 saturated carbocycles. The van der Waals surface area contributed by atoms with Crippen LogP contribution in [0.4, 0.5) is 17.1 Å². The molecule has 0 atom stereocenters. The highest BCUT2D eigenvalue weighted by atomic mass is 15.2. The lowest BCUT2D eigenvalue weighted by Crippen LogP contribution is -2.31. The molecule has 0 spiro atoms. The molecule has 4 aromatic carbocycles. The van der Waals surface area contributed by atoms with Crippen LogP contribution < -0.4 is 4.90 Å². The van der Waals surface area contributed by atoms with Crippen molar-refractivity contribution in [2.45, 2.75) is 19.3 Å². The van der Waals surface area contributed by atoms with Gasteiger partial charge in [0.05, 0.1) is 22.6 Å². The number of nitrogens with zero attached hydrogens (tertiary/aromatic N) is 2.